The Bertz CT molecular complexity index is 356. The summed E-state index contributed by atoms with van der Waals surface area (Å²) in [4.78, 5) is 3.94. The van der Waals surface area contributed by atoms with Gasteiger partial charge in [-0.25, -0.2) is 4.98 Å². The van der Waals surface area contributed by atoms with Gasteiger partial charge in [-0.1, -0.05) is 0 Å². The minimum absolute atomic E-state index is 0.526. The molecule has 1 aromatic heterocycles. The molecule has 0 atom stereocenters. The highest BCUT2D eigenvalue weighted by Gasteiger charge is 2.02. The number of hydrogen-bond acceptors (Lipinski definition) is 3. The van der Waals surface area contributed by atoms with E-state index in [0.717, 1.165) is 5.88 Å². The van der Waals surface area contributed by atoms with Crippen molar-refractivity contribution >= 4 is 18.4 Å². The average molecular weight is 166 g/mol. The Kier molecular flexibility index (Phi) is 1.47. The van der Waals surface area contributed by atoms with Crippen LogP contribution in [-0.2, 0) is 0 Å². The van der Waals surface area contributed by atoms with Crippen LogP contribution < -0.4 is 4.74 Å². The summed E-state index contributed by atoms with van der Waals surface area (Å²) >= 11 is 4.96. The first-order chi connectivity index (χ1) is 5.38. The Hall–Kier alpha value is -1.16. The van der Waals surface area contributed by atoms with Crippen molar-refractivity contribution in [1.82, 2.24) is 9.55 Å². The van der Waals surface area contributed by atoms with Crippen LogP contribution in [0, 0.1) is 4.77 Å². The standard InChI is InChI=1S/C7H6N2OS/c11-7-8-3-2-6-9(7)4-1-5-10-6/h1-4H,5H2. The van der Waals surface area contributed by atoms with Crippen LogP contribution in [-0.4, -0.2) is 16.2 Å². The highest BCUT2D eigenvalue weighted by atomic mass is 32.1. The van der Waals surface area contributed by atoms with Crippen LogP contribution in [0.3, 0.4) is 0 Å². The lowest BCUT2D eigenvalue weighted by Gasteiger charge is -2.12. The van der Waals surface area contributed by atoms with Crippen LogP contribution in [0.15, 0.2) is 18.3 Å². The Morgan fingerprint density at radius 3 is 3.36 bits per heavy atom. The molecule has 1 aromatic rings. The molecule has 2 heterocycles. The van der Waals surface area contributed by atoms with Gasteiger partial charge in [-0.15, -0.1) is 0 Å². The van der Waals surface area contributed by atoms with Crippen molar-refractivity contribution in [1.29, 1.82) is 0 Å². The lowest BCUT2D eigenvalue weighted by atomic mass is 10.5. The summed E-state index contributed by atoms with van der Waals surface area (Å²) in [6.07, 6.45) is 5.41. The summed E-state index contributed by atoms with van der Waals surface area (Å²) in [5.41, 5.74) is 0. The lowest BCUT2D eigenvalue weighted by Crippen LogP contribution is -2.07. The van der Waals surface area contributed by atoms with Crippen LogP contribution in [0.5, 0.6) is 5.88 Å². The summed E-state index contributed by atoms with van der Waals surface area (Å²) in [6.45, 7) is 0.610. The van der Waals surface area contributed by atoms with E-state index in [1.807, 2.05) is 12.3 Å². The lowest BCUT2D eigenvalue weighted by molar-refractivity contribution is 0.331. The first-order valence-corrected chi connectivity index (χ1v) is 3.66. The van der Waals surface area contributed by atoms with Crippen molar-refractivity contribution in [2.45, 2.75) is 0 Å². The second-order valence-electron chi connectivity index (χ2n) is 2.13. The largest absolute Gasteiger partial charge is 0.474 e. The molecule has 2 rings (SSSR count). The van der Waals surface area contributed by atoms with E-state index in [1.165, 1.54) is 0 Å². The molecule has 1 aliphatic heterocycles. The van der Waals surface area contributed by atoms with Gasteiger partial charge in [0.1, 0.15) is 6.61 Å². The quantitative estimate of drug-likeness (QED) is 0.546. The molecule has 0 aromatic carbocycles. The summed E-state index contributed by atoms with van der Waals surface area (Å²) in [5.74, 6) is 0.757. The van der Waals surface area contributed by atoms with E-state index in [4.69, 9.17) is 17.0 Å². The van der Waals surface area contributed by atoms with Gasteiger partial charge in [0.05, 0.1) is 0 Å². The molecule has 0 spiro atoms. The third-order valence-corrected chi connectivity index (χ3v) is 1.73. The first-order valence-electron chi connectivity index (χ1n) is 3.25. The molecule has 0 saturated carbocycles. The van der Waals surface area contributed by atoms with Gasteiger partial charge in [-0.05, 0) is 18.3 Å². The Morgan fingerprint density at radius 2 is 2.55 bits per heavy atom. The Balaban J connectivity index is 2.70. The van der Waals surface area contributed by atoms with E-state index in [2.05, 4.69) is 4.98 Å². The van der Waals surface area contributed by atoms with Gasteiger partial charge in [0.25, 0.3) is 0 Å². The molecule has 0 fully saturated rings. The van der Waals surface area contributed by atoms with E-state index in [9.17, 15) is 0 Å². The SMILES string of the molecule is S=c1nccc2n1C=CCO2. The monoisotopic (exact) mass is 166 g/mol. The molecule has 1 aliphatic rings. The summed E-state index contributed by atoms with van der Waals surface area (Å²) in [5, 5.41) is 0. The zero-order valence-corrected chi connectivity index (χ0v) is 6.54. The van der Waals surface area contributed by atoms with Gasteiger partial charge in [-0.3, -0.25) is 4.57 Å². The number of hydrogen-bond donors (Lipinski definition) is 0. The van der Waals surface area contributed by atoms with Crippen molar-refractivity contribution in [3.8, 4) is 5.88 Å². The minimum atomic E-state index is 0.526. The first kappa shape index (κ1) is 6.54. The molecule has 0 bridgehead atoms. The molecule has 0 radical (unpaired) electrons. The molecular formula is C7H6N2OS. The molecule has 3 nitrogen and oxygen atoms in total. The maximum atomic E-state index is 5.27. The zero-order valence-electron chi connectivity index (χ0n) is 5.73. The van der Waals surface area contributed by atoms with Gasteiger partial charge in [0, 0.05) is 18.5 Å². The molecule has 4 heteroatoms. The van der Waals surface area contributed by atoms with Crippen molar-refractivity contribution in [2.24, 2.45) is 0 Å². The highest BCUT2D eigenvalue weighted by Crippen LogP contribution is 2.13. The third kappa shape index (κ3) is 1.05. The van der Waals surface area contributed by atoms with Crippen LogP contribution >= 0.6 is 12.2 Å². The maximum absolute atomic E-state index is 5.27. The van der Waals surface area contributed by atoms with E-state index >= 15 is 0 Å². The number of fused-ring (bicyclic) bond motifs is 1. The fraction of sp³-hybridized carbons (Fsp3) is 0.143. The topological polar surface area (TPSA) is 27.1 Å². The van der Waals surface area contributed by atoms with Crippen molar-refractivity contribution < 1.29 is 4.74 Å². The van der Waals surface area contributed by atoms with Crippen LogP contribution in [0.1, 0.15) is 0 Å². The molecule has 0 N–H and O–H groups in total. The average Bonchev–Trinajstić information content (AvgIpc) is 2.06. The Labute approximate surface area is 69.0 Å². The van der Waals surface area contributed by atoms with E-state index < -0.39 is 0 Å². The van der Waals surface area contributed by atoms with Gasteiger partial charge < -0.3 is 4.74 Å². The molecule has 11 heavy (non-hydrogen) atoms. The van der Waals surface area contributed by atoms with E-state index in [1.54, 1.807) is 16.8 Å². The van der Waals surface area contributed by atoms with E-state index in [-0.39, 0.29) is 0 Å². The van der Waals surface area contributed by atoms with Gasteiger partial charge in [0.2, 0.25) is 10.7 Å². The summed E-state index contributed by atoms with van der Waals surface area (Å²) < 4.78 is 7.54. The Morgan fingerprint density at radius 1 is 1.64 bits per heavy atom. The highest BCUT2D eigenvalue weighted by molar-refractivity contribution is 7.71. The van der Waals surface area contributed by atoms with Crippen molar-refractivity contribution in [2.75, 3.05) is 6.61 Å². The molecule has 0 unspecified atom stereocenters. The third-order valence-electron chi connectivity index (χ3n) is 1.43. The number of nitrogens with zero attached hydrogens (tertiary/aromatic N) is 2. The molecule has 0 saturated heterocycles. The number of aromatic nitrogens is 2. The molecular weight excluding hydrogens is 160 g/mol. The van der Waals surface area contributed by atoms with Gasteiger partial charge in [0.15, 0.2) is 0 Å². The molecule has 56 valence electrons. The number of rotatable bonds is 0. The fourth-order valence-electron chi connectivity index (χ4n) is 0.938. The van der Waals surface area contributed by atoms with Crippen molar-refractivity contribution in [3.63, 3.8) is 0 Å². The molecule has 0 aliphatic carbocycles. The predicted octanol–water partition coefficient (Wildman–Crippen LogP) is 1.48. The van der Waals surface area contributed by atoms with Gasteiger partial charge >= 0.3 is 0 Å². The predicted molar refractivity (Wildman–Crippen MR) is 43.9 cm³/mol. The van der Waals surface area contributed by atoms with E-state index in [0.29, 0.717) is 11.4 Å². The van der Waals surface area contributed by atoms with Crippen LogP contribution in [0.4, 0.5) is 0 Å². The molecule has 0 amide bonds. The van der Waals surface area contributed by atoms with Crippen molar-refractivity contribution in [3.05, 3.63) is 23.1 Å². The van der Waals surface area contributed by atoms with Gasteiger partial charge in [-0.2, -0.15) is 0 Å². The number of ether oxygens (including phenoxy) is 1. The normalized spacial score (nSPS) is 13.8. The second-order valence-corrected chi connectivity index (χ2v) is 2.50. The fourth-order valence-corrected chi connectivity index (χ4v) is 1.15. The summed E-state index contributed by atoms with van der Waals surface area (Å²) in [6, 6.07) is 1.79. The summed E-state index contributed by atoms with van der Waals surface area (Å²) in [7, 11) is 0. The smallest absolute Gasteiger partial charge is 0.206 e. The van der Waals surface area contributed by atoms with Crippen LogP contribution in [0.25, 0.3) is 6.20 Å². The maximum Gasteiger partial charge on any atom is 0.206 e. The second kappa shape index (κ2) is 2.47. The minimum Gasteiger partial charge on any atom is -0.474 e. The zero-order chi connectivity index (χ0) is 7.68. The van der Waals surface area contributed by atoms with Crippen LogP contribution in [0.2, 0.25) is 0 Å².